The van der Waals surface area contributed by atoms with E-state index in [4.69, 9.17) is 13.9 Å². The molecule has 0 spiro atoms. The minimum Gasteiger partial charge on any atom is -0.466 e. The topological polar surface area (TPSA) is 89.3 Å². The molecule has 8 nitrogen and oxygen atoms in total. The number of rotatable bonds is 7. The number of piperidine rings is 1. The van der Waals surface area contributed by atoms with Crippen LogP contribution >= 0.6 is 0 Å². The van der Waals surface area contributed by atoms with E-state index in [9.17, 15) is 14.4 Å². The summed E-state index contributed by atoms with van der Waals surface area (Å²) in [6, 6.07) is 3.80. The molecule has 0 aliphatic carbocycles. The van der Waals surface area contributed by atoms with E-state index in [-0.39, 0.29) is 24.4 Å². The second-order valence-electron chi connectivity index (χ2n) is 8.34. The highest BCUT2D eigenvalue weighted by molar-refractivity contribution is 5.78. The fourth-order valence-corrected chi connectivity index (χ4v) is 4.11. The summed E-state index contributed by atoms with van der Waals surface area (Å²) in [6.45, 7) is 6.91. The van der Waals surface area contributed by atoms with Crippen molar-refractivity contribution in [2.24, 2.45) is 5.41 Å². The van der Waals surface area contributed by atoms with Gasteiger partial charge in [-0.05, 0) is 31.9 Å². The SMILES string of the molecule is CC(=O)OCC1(CC(=O)N2CCOCC2)CCN(C(=O)CCc2ccc(C)o2)CC1. The molecule has 2 amide bonds. The molecule has 0 atom stereocenters. The smallest absolute Gasteiger partial charge is 0.302 e. The highest BCUT2D eigenvalue weighted by Gasteiger charge is 2.40. The summed E-state index contributed by atoms with van der Waals surface area (Å²) in [5, 5.41) is 0. The molecule has 0 aromatic carbocycles. The van der Waals surface area contributed by atoms with Crippen molar-refractivity contribution in [3.8, 4) is 0 Å². The van der Waals surface area contributed by atoms with E-state index >= 15 is 0 Å². The van der Waals surface area contributed by atoms with Gasteiger partial charge in [-0.3, -0.25) is 14.4 Å². The summed E-state index contributed by atoms with van der Waals surface area (Å²) in [5.74, 6) is 1.47. The highest BCUT2D eigenvalue weighted by Crippen LogP contribution is 2.36. The zero-order chi connectivity index (χ0) is 21.6. The monoisotopic (exact) mass is 420 g/mol. The van der Waals surface area contributed by atoms with Gasteiger partial charge in [0.2, 0.25) is 11.8 Å². The summed E-state index contributed by atoms with van der Waals surface area (Å²) in [6.07, 6.45) is 2.59. The standard InChI is InChI=1S/C22H32N2O6/c1-17-3-4-19(30-17)5-6-20(26)23-9-7-22(8-10-23,16-29-18(2)25)15-21(27)24-11-13-28-14-12-24/h3-4H,5-16H2,1-2H3. The van der Waals surface area contributed by atoms with Gasteiger partial charge in [-0.2, -0.15) is 0 Å². The van der Waals surface area contributed by atoms with Gasteiger partial charge < -0.3 is 23.7 Å². The lowest BCUT2D eigenvalue weighted by atomic mass is 9.75. The van der Waals surface area contributed by atoms with Crippen molar-refractivity contribution in [1.29, 1.82) is 0 Å². The number of ether oxygens (including phenoxy) is 2. The molecule has 3 heterocycles. The van der Waals surface area contributed by atoms with Crippen LogP contribution in [0.2, 0.25) is 0 Å². The molecule has 2 saturated heterocycles. The Kier molecular flexibility index (Phi) is 7.53. The van der Waals surface area contributed by atoms with Crippen molar-refractivity contribution in [2.45, 2.75) is 46.0 Å². The third-order valence-electron chi connectivity index (χ3n) is 6.03. The van der Waals surface area contributed by atoms with Crippen LogP contribution in [0.4, 0.5) is 0 Å². The van der Waals surface area contributed by atoms with Crippen LogP contribution in [0, 0.1) is 12.3 Å². The summed E-state index contributed by atoms with van der Waals surface area (Å²) < 4.78 is 16.2. The Balaban J connectivity index is 1.55. The summed E-state index contributed by atoms with van der Waals surface area (Å²) in [5.41, 5.74) is -0.421. The van der Waals surface area contributed by atoms with E-state index in [0.29, 0.717) is 71.5 Å². The van der Waals surface area contributed by atoms with Crippen LogP contribution in [0.3, 0.4) is 0 Å². The van der Waals surface area contributed by atoms with Crippen LogP contribution in [0.5, 0.6) is 0 Å². The molecule has 0 radical (unpaired) electrons. The molecular weight excluding hydrogens is 388 g/mol. The van der Waals surface area contributed by atoms with E-state index in [0.717, 1.165) is 11.5 Å². The van der Waals surface area contributed by atoms with Crippen LogP contribution in [0.1, 0.15) is 44.1 Å². The number of carbonyl (C=O) groups is 3. The molecule has 2 fully saturated rings. The summed E-state index contributed by atoms with van der Waals surface area (Å²) >= 11 is 0. The lowest BCUT2D eigenvalue weighted by Gasteiger charge is -2.42. The average molecular weight is 421 g/mol. The third kappa shape index (κ3) is 6.08. The first-order valence-corrected chi connectivity index (χ1v) is 10.7. The summed E-state index contributed by atoms with van der Waals surface area (Å²) in [4.78, 5) is 40.5. The Morgan fingerprint density at radius 1 is 1.03 bits per heavy atom. The first kappa shape index (κ1) is 22.3. The van der Waals surface area contributed by atoms with Gasteiger partial charge >= 0.3 is 5.97 Å². The molecule has 1 aromatic rings. The van der Waals surface area contributed by atoms with Crippen LogP contribution in [-0.2, 0) is 30.3 Å². The fourth-order valence-electron chi connectivity index (χ4n) is 4.11. The number of esters is 1. The molecule has 0 saturated carbocycles. The lowest BCUT2D eigenvalue weighted by Crippen LogP contribution is -2.49. The molecule has 2 aliphatic rings. The van der Waals surface area contributed by atoms with Crippen molar-refractivity contribution >= 4 is 17.8 Å². The van der Waals surface area contributed by atoms with E-state index < -0.39 is 5.41 Å². The van der Waals surface area contributed by atoms with Gasteiger partial charge in [-0.1, -0.05) is 0 Å². The Labute approximate surface area is 177 Å². The van der Waals surface area contributed by atoms with E-state index in [1.54, 1.807) is 0 Å². The maximum atomic E-state index is 12.8. The van der Waals surface area contributed by atoms with Crippen LogP contribution in [0.25, 0.3) is 0 Å². The predicted octanol–water partition coefficient (Wildman–Crippen LogP) is 1.94. The number of furan rings is 1. The minimum atomic E-state index is -0.421. The molecule has 30 heavy (non-hydrogen) atoms. The van der Waals surface area contributed by atoms with Crippen LogP contribution in [0.15, 0.2) is 16.5 Å². The first-order valence-electron chi connectivity index (χ1n) is 10.7. The van der Waals surface area contributed by atoms with Crippen molar-refractivity contribution in [1.82, 2.24) is 9.80 Å². The number of likely N-dealkylation sites (tertiary alicyclic amines) is 1. The number of hydrogen-bond donors (Lipinski definition) is 0. The number of aryl methyl sites for hydroxylation is 2. The lowest BCUT2D eigenvalue weighted by molar-refractivity contribution is -0.152. The zero-order valence-corrected chi connectivity index (χ0v) is 18.0. The van der Waals surface area contributed by atoms with Gasteiger partial charge in [0.15, 0.2) is 0 Å². The Morgan fingerprint density at radius 3 is 2.30 bits per heavy atom. The normalized spacial score (nSPS) is 18.9. The number of amides is 2. The number of morpholine rings is 1. The Bertz CT molecular complexity index is 745. The fraction of sp³-hybridized carbons (Fsp3) is 0.682. The van der Waals surface area contributed by atoms with Gasteiger partial charge in [0.25, 0.3) is 0 Å². The van der Waals surface area contributed by atoms with Crippen molar-refractivity contribution < 1.29 is 28.3 Å². The second kappa shape index (κ2) is 10.1. The Hall–Kier alpha value is -2.35. The molecule has 2 aliphatic heterocycles. The van der Waals surface area contributed by atoms with Gasteiger partial charge in [0, 0.05) is 57.8 Å². The largest absolute Gasteiger partial charge is 0.466 e. The van der Waals surface area contributed by atoms with Gasteiger partial charge in [0.1, 0.15) is 11.5 Å². The first-order chi connectivity index (χ1) is 14.4. The van der Waals surface area contributed by atoms with Crippen LogP contribution < -0.4 is 0 Å². The van der Waals surface area contributed by atoms with E-state index in [1.807, 2.05) is 28.9 Å². The third-order valence-corrected chi connectivity index (χ3v) is 6.03. The molecular formula is C22H32N2O6. The van der Waals surface area contributed by atoms with Crippen LogP contribution in [-0.4, -0.2) is 73.6 Å². The molecule has 0 unspecified atom stereocenters. The molecule has 0 bridgehead atoms. The maximum absolute atomic E-state index is 12.8. The van der Waals surface area contributed by atoms with E-state index in [1.165, 1.54) is 6.92 Å². The van der Waals surface area contributed by atoms with Gasteiger partial charge in [-0.15, -0.1) is 0 Å². The molecule has 1 aromatic heterocycles. The highest BCUT2D eigenvalue weighted by atomic mass is 16.5. The van der Waals surface area contributed by atoms with Crippen molar-refractivity contribution in [2.75, 3.05) is 46.0 Å². The molecule has 0 N–H and O–H groups in total. The Morgan fingerprint density at radius 2 is 1.70 bits per heavy atom. The number of nitrogens with zero attached hydrogens (tertiary/aromatic N) is 2. The van der Waals surface area contributed by atoms with Gasteiger partial charge in [0.05, 0.1) is 19.8 Å². The summed E-state index contributed by atoms with van der Waals surface area (Å²) in [7, 11) is 0. The molecule has 3 rings (SSSR count). The quantitative estimate of drug-likeness (QED) is 0.627. The molecule has 8 heteroatoms. The van der Waals surface area contributed by atoms with Gasteiger partial charge in [-0.25, -0.2) is 0 Å². The maximum Gasteiger partial charge on any atom is 0.302 e. The molecule has 166 valence electrons. The second-order valence-corrected chi connectivity index (χ2v) is 8.34. The number of carbonyl (C=O) groups excluding carboxylic acids is 3. The minimum absolute atomic E-state index is 0.0680. The number of hydrogen-bond acceptors (Lipinski definition) is 6. The predicted molar refractivity (Wildman–Crippen MR) is 109 cm³/mol. The van der Waals surface area contributed by atoms with E-state index in [2.05, 4.69) is 0 Å². The average Bonchev–Trinajstić information content (AvgIpc) is 3.17. The van der Waals surface area contributed by atoms with Crippen molar-refractivity contribution in [3.05, 3.63) is 23.7 Å². The zero-order valence-electron chi connectivity index (χ0n) is 18.0. The van der Waals surface area contributed by atoms with Crippen molar-refractivity contribution in [3.63, 3.8) is 0 Å².